The molecule has 10 heteroatoms. The van der Waals surface area contributed by atoms with E-state index in [0.29, 0.717) is 30.2 Å². The Morgan fingerprint density at radius 3 is 2.61 bits per heavy atom. The number of H-pyrrole nitrogens is 1. The number of aromatic nitrogens is 3. The van der Waals surface area contributed by atoms with Crippen molar-refractivity contribution in [2.75, 3.05) is 45.1 Å². The number of fused-ring (bicyclic) bond motifs is 1. The number of rotatable bonds is 7. The van der Waals surface area contributed by atoms with Gasteiger partial charge in [-0.05, 0) is 42.4 Å². The first-order valence-corrected chi connectivity index (χ1v) is 12.1. The summed E-state index contributed by atoms with van der Waals surface area (Å²) >= 11 is 5.90. The van der Waals surface area contributed by atoms with Gasteiger partial charge in [0, 0.05) is 44.1 Å². The van der Waals surface area contributed by atoms with Gasteiger partial charge in [0.15, 0.2) is 0 Å². The van der Waals surface area contributed by atoms with E-state index in [1.54, 1.807) is 6.07 Å². The van der Waals surface area contributed by atoms with E-state index >= 15 is 0 Å². The molecule has 1 aliphatic rings. The van der Waals surface area contributed by atoms with E-state index in [0.717, 1.165) is 48.4 Å². The zero-order chi connectivity index (χ0) is 25.1. The second-order valence-corrected chi connectivity index (χ2v) is 9.38. The third-order valence-corrected chi connectivity index (χ3v) is 6.62. The first-order valence-electron chi connectivity index (χ1n) is 11.8. The number of carbonyl (C=O) groups is 1. The van der Waals surface area contributed by atoms with Crippen molar-refractivity contribution >= 4 is 40.0 Å². The first-order chi connectivity index (χ1) is 17.4. The van der Waals surface area contributed by atoms with Crippen LogP contribution in [-0.4, -0.2) is 70.4 Å². The van der Waals surface area contributed by atoms with Crippen LogP contribution in [0, 0.1) is 5.82 Å². The highest BCUT2D eigenvalue weighted by molar-refractivity contribution is 6.31. The fourth-order valence-corrected chi connectivity index (χ4v) is 4.35. The van der Waals surface area contributed by atoms with Crippen LogP contribution in [-0.2, 0) is 11.3 Å². The lowest BCUT2D eigenvalue weighted by molar-refractivity contribution is -0.122. The quantitative estimate of drug-likeness (QED) is 0.350. The van der Waals surface area contributed by atoms with Gasteiger partial charge in [-0.25, -0.2) is 14.4 Å². The van der Waals surface area contributed by atoms with Gasteiger partial charge in [-0.2, -0.15) is 0 Å². The van der Waals surface area contributed by atoms with E-state index in [4.69, 9.17) is 11.6 Å². The number of likely N-dealkylation sites (N-methyl/N-ethyl adjacent to an activating group) is 1. The van der Waals surface area contributed by atoms with Crippen LogP contribution in [0.2, 0.25) is 5.02 Å². The van der Waals surface area contributed by atoms with Crippen LogP contribution < -0.4 is 10.6 Å². The molecule has 0 atom stereocenters. The topological polar surface area (TPSA) is 89.2 Å². The molecule has 0 aliphatic carbocycles. The molecule has 186 valence electrons. The molecule has 2 aromatic heterocycles. The van der Waals surface area contributed by atoms with Crippen LogP contribution in [0.3, 0.4) is 0 Å². The molecule has 3 heterocycles. The summed E-state index contributed by atoms with van der Waals surface area (Å²) in [5.41, 5.74) is 4.20. The number of anilines is 2. The predicted octanol–water partition coefficient (Wildman–Crippen LogP) is 4.02. The fourth-order valence-electron chi connectivity index (χ4n) is 4.17. The Balaban J connectivity index is 1.23. The van der Waals surface area contributed by atoms with Crippen LogP contribution in [0.4, 0.5) is 15.9 Å². The third-order valence-electron chi connectivity index (χ3n) is 6.33. The number of piperazine rings is 1. The molecule has 5 rings (SSSR count). The summed E-state index contributed by atoms with van der Waals surface area (Å²) in [5, 5.41) is 7.03. The molecular formula is C26H27ClFN7O. The van der Waals surface area contributed by atoms with Gasteiger partial charge in [-0.15, -0.1) is 0 Å². The molecule has 2 aromatic carbocycles. The molecule has 0 spiro atoms. The number of carbonyl (C=O) groups excluding carboxylic acids is 1. The van der Waals surface area contributed by atoms with Crippen LogP contribution in [0.5, 0.6) is 0 Å². The number of halogens is 2. The Kier molecular flexibility index (Phi) is 7.13. The van der Waals surface area contributed by atoms with Gasteiger partial charge in [-0.1, -0.05) is 35.9 Å². The number of nitrogens with one attached hydrogen (secondary N) is 3. The average Bonchev–Trinajstić information content (AvgIpc) is 3.32. The van der Waals surface area contributed by atoms with Crippen molar-refractivity contribution < 1.29 is 9.18 Å². The number of amides is 1. The van der Waals surface area contributed by atoms with Gasteiger partial charge < -0.3 is 20.5 Å². The van der Waals surface area contributed by atoms with Crippen molar-refractivity contribution in [1.29, 1.82) is 0 Å². The molecular weight excluding hydrogens is 481 g/mol. The van der Waals surface area contributed by atoms with Crippen molar-refractivity contribution in [1.82, 2.24) is 30.1 Å². The molecule has 3 N–H and O–H groups in total. The largest absolute Gasteiger partial charge is 0.351 e. The van der Waals surface area contributed by atoms with E-state index in [1.165, 1.54) is 18.5 Å². The van der Waals surface area contributed by atoms with Crippen LogP contribution in [0.1, 0.15) is 5.56 Å². The van der Waals surface area contributed by atoms with Gasteiger partial charge in [-0.3, -0.25) is 9.69 Å². The number of aromatic amines is 1. The summed E-state index contributed by atoms with van der Waals surface area (Å²) in [6.45, 7) is 4.74. The van der Waals surface area contributed by atoms with E-state index < -0.39 is 5.82 Å². The highest BCUT2D eigenvalue weighted by Gasteiger charge is 2.16. The average molecular weight is 508 g/mol. The Labute approximate surface area is 213 Å². The van der Waals surface area contributed by atoms with Crippen LogP contribution in [0.25, 0.3) is 22.3 Å². The minimum Gasteiger partial charge on any atom is -0.351 e. The van der Waals surface area contributed by atoms with E-state index in [-0.39, 0.29) is 10.9 Å². The minimum absolute atomic E-state index is 0.0377. The highest BCUT2D eigenvalue weighted by atomic mass is 35.5. The number of hydrogen-bond acceptors (Lipinski definition) is 6. The standard InChI is InChI=1S/C26H27ClFN7O/c1-34-8-10-35(11-9-34)15-24(36)29-14-17-2-4-18(5-3-17)23-13-20-25(30-16-31-26(20)33-23)32-19-6-7-22(28)21(27)12-19/h2-7,12-13,16H,8-11,14-15H2,1H3,(H,29,36)(H2,30,31,32,33). The fraction of sp³-hybridized carbons (Fsp3) is 0.269. The van der Waals surface area contributed by atoms with Crippen LogP contribution >= 0.6 is 11.6 Å². The zero-order valence-corrected chi connectivity index (χ0v) is 20.6. The summed E-state index contributed by atoms with van der Waals surface area (Å²) in [6.07, 6.45) is 1.46. The molecule has 0 unspecified atom stereocenters. The van der Waals surface area contributed by atoms with E-state index in [2.05, 4.69) is 42.4 Å². The van der Waals surface area contributed by atoms with Crippen molar-refractivity contribution in [2.45, 2.75) is 6.54 Å². The monoisotopic (exact) mass is 507 g/mol. The maximum absolute atomic E-state index is 13.5. The molecule has 1 fully saturated rings. The Bertz CT molecular complexity index is 1370. The number of benzene rings is 2. The molecule has 1 aliphatic heterocycles. The first kappa shape index (κ1) is 24.2. The molecule has 8 nitrogen and oxygen atoms in total. The second kappa shape index (κ2) is 10.6. The lowest BCUT2D eigenvalue weighted by Crippen LogP contribution is -2.48. The molecule has 36 heavy (non-hydrogen) atoms. The molecule has 1 amide bonds. The minimum atomic E-state index is -0.475. The van der Waals surface area contributed by atoms with E-state index in [9.17, 15) is 9.18 Å². The van der Waals surface area contributed by atoms with Crippen molar-refractivity contribution in [3.8, 4) is 11.3 Å². The second-order valence-electron chi connectivity index (χ2n) is 8.97. The van der Waals surface area contributed by atoms with Crippen molar-refractivity contribution in [3.63, 3.8) is 0 Å². The molecule has 0 bridgehead atoms. The molecule has 4 aromatic rings. The van der Waals surface area contributed by atoms with Gasteiger partial charge in [0.1, 0.15) is 23.6 Å². The van der Waals surface area contributed by atoms with Gasteiger partial charge in [0.2, 0.25) is 5.91 Å². The molecule has 1 saturated heterocycles. The summed E-state index contributed by atoms with van der Waals surface area (Å²) < 4.78 is 13.5. The summed E-state index contributed by atoms with van der Waals surface area (Å²) in [4.78, 5) is 28.8. The zero-order valence-electron chi connectivity index (χ0n) is 19.9. The summed E-state index contributed by atoms with van der Waals surface area (Å²) in [6, 6.07) is 14.4. The predicted molar refractivity (Wildman–Crippen MR) is 140 cm³/mol. The Morgan fingerprint density at radius 1 is 1.08 bits per heavy atom. The molecule has 0 radical (unpaired) electrons. The third kappa shape index (κ3) is 5.64. The lowest BCUT2D eigenvalue weighted by Gasteiger charge is -2.31. The summed E-state index contributed by atoms with van der Waals surface area (Å²) in [7, 11) is 2.10. The van der Waals surface area contributed by atoms with Crippen LogP contribution in [0.15, 0.2) is 54.9 Å². The lowest BCUT2D eigenvalue weighted by atomic mass is 10.1. The molecule has 0 saturated carbocycles. The summed E-state index contributed by atoms with van der Waals surface area (Å²) in [5.74, 6) is 0.155. The normalized spacial score (nSPS) is 14.8. The van der Waals surface area contributed by atoms with E-state index in [1.807, 2.05) is 30.3 Å². The van der Waals surface area contributed by atoms with Crippen molar-refractivity contribution in [2.24, 2.45) is 0 Å². The highest BCUT2D eigenvalue weighted by Crippen LogP contribution is 2.29. The maximum Gasteiger partial charge on any atom is 0.234 e. The smallest absolute Gasteiger partial charge is 0.234 e. The number of hydrogen-bond donors (Lipinski definition) is 3. The van der Waals surface area contributed by atoms with Gasteiger partial charge >= 0.3 is 0 Å². The maximum atomic E-state index is 13.5. The number of nitrogens with zero attached hydrogens (tertiary/aromatic N) is 4. The van der Waals surface area contributed by atoms with Gasteiger partial charge in [0.05, 0.1) is 17.0 Å². The SMILES string of the molecule is CN1CCN(CC(=O)NCc2ccc(-c3cc4c(Nc5ccc(F)c(Cl)c5)ncnc4[nH]3)cc2)CC1. The van der Waals surface area contributed by atoms with Crippen molar-refractivity contribution in [3.05, 3.63) is 71.3 Å². The Hall–Kier alpha value is -3.53. The Morgan fingerprint density at radius 2 is 1.86 bits per heavy atom. The van der Waals surface area contributed by atoms with Gasteiger partial charge in [0.25, 0.3) is 0 Å².